The van der Waals surface area contributed by atoms with Gasteiger partial charge in [-0.1, -0.05) is 55.5 Å². The summed E-state index contributed by atoms with van der Waals surface area (Å²) < 4.78 is 0. The number of hydrogen-bond acceptors (Lipinski definition) is 3. The third-order valence-corrected chi connectivity index (χ3v) is 6.17. The molecule has 6 nitrogen and oxygen atoms in total. The molecule has 1 aromatic carbocycles. The van der Waals surface area contributed by atoms with Gasteiger partial charge in [0.15, 0.2) is 0 Å². The van der Waals surface area contributed by atoms with Crippen molar-refractivity contribution in [1.29, 1.82) is 0 Å². The van der Waals surface area contributed by atoms with Crippen LogP contribution in [0.2, 0.25) is 10.0 Å². The third kappa shape index (κ3) is 6.88. The van der Waals surface area contributed by atoms with Crippen LogP contribution in [-0.2, 0) is 9.59 Å². The molecular weight excluding hydrogens is 425 g/mol. The fourth-order valence-electron chi connectivity index (χ4n) is 3.59. The minimum Gasteiger partial charge on any atom is -0.356 e. The second kappa shape index (κ2) is 12.2. The first kappa shape index (κ1) is 24.5. The molecule has 1 aliphatic rings. The van der Waals surface area contributed by atoms with E-state index in [9.17, 15) is 14.4 Å². The van der Waals surface area contributed by atoms with Crippen molar-refractivity contribution in [2.75, 3.05) is 19.6 Å². The van der Waals surface area contributed by atoms with Crippen molar-refractivity contribution in [3.05, 3.63) is 33.8 Å². The maximum atomic E-state index is 12.8. The van der Waals surface area contributed by atoms with Crippen molar-refractivity contribution in [3.63, 3.8) is 0 Å². The number of nitrogens with zero attached hydrogens (tertiary/aromatic N) is 1. The Morgan fingerprint density at radius 3 is 2.70 bits per heavy atom. The minimum atomic E-state index is -0.733. The summed E-state index contributed by atoms with van der Waals surface area (Å²) in [5, 5.41) is 6.11. The monoisotopic (exact) mass is 455 g/mol. The van der Waals surface area contributed by atoms with E-state index in [1.54, 1.807) is 30.0 Å². The number of halogens is 2. The van der Waals surface area contributed by atoms with Crippen molar-refractivity contribution in [2.24, 2.45) is 5.92 Å². The van der Waals surface area contributed by atoms with Crippen molar-refractivity contribution in [2.45, 2.75) is 58.4 Å². The van der Waals surface area contributed by atoms with Crippen molar-refractivity contribution < 1.29 is 14.4 Å². The molecule has 8 heteroatoms. The average molecular weight is 456 g/mol. The molecule has 0 saturated carbocycles. The van der Waals surface area contributed by atoms with Crippen LogP contribution in [0.15, 0.2) is 18.2 Å². The molecule has 3 amide bonds. The summed E-state index contributed by atoms with van der Waals surface area (Å²) in [6.07, 6.45) is 5.95. The molecule has 2 unspecified atom stereocenters. The zero-order chi connectivity index (χ0) is 22.1. The summed E-state index contributed by atoms with van der Waals surface area (Å²) in [7, 11) is 0. The van der Waals surface area contributed by atoms with Gasteiger partial charge >= 0.3 is 0 Å². The van der Waals surface area contributed by atoms with Gasteiger partial charge in [0.05, 0.1) is 21.5 Å². The molecule has 1 heterocycles. The van der Waals surface area contributed by atoms with E-state index in [2.05, 4.69) is 17.6 Å². The smallest absolute Gasteiger partial charge is 0.253 e. The highest BCUT2D eigenvalue weighted by Crippen LogP contribution is 2.25. The van der Waals surface area contributed by atoms with Gasteiger partial charge in [-0.15, -0.1) is 0 Å². The van der Waals surface area contributed by atoms with E-state index >= 15 is 0 Å². The Labute approximate surface area is 188 Å². The van der Waals surface area contributed by atoms with E-state index in [-0.39, 0.29) is 33.3 Å². The molecule has 2 rings (SSSR count). The zero-order valence-corrected chi connectivity index (χ0v) is 19.2. The van der Waals surface area contributed by atoms with Crippen LogP contribution in [-0.4, -0.2) is 48.3 Å². The Kier molecular flexibility index (Phi) is 9.92. The normalized spacial score (nSPS) is 17.3. The highest BCUT2D eigenvalue weighted by molar-refractivity contribution is 6.43. The molecule has 1 aliphatic heterocycles. The van der Waals surface area contributed by atoms with Crippen LogP contribution in [0, 0.1) is 5.92 Å². The molecular formula is C22H31Cl2N3O3. The summed E-state index contributed by atoms with van der Waals surface area (Å²) in [4.78, 5) is 39.4. The molecule has 30 heavy (non-hydrogen) atoms. The van der Waals surface area contributed by atoms with Crippen LogP contribution in [0.4, 0.5) is 0 Å². The molecule has 0 aliphatic carbocycles. The molecule has 1 fully saturated rings. The molecule has 0 radical (unpaired) electrons. The van der Waals surface area contributed by atoms with E-state index in [1.165, 1.54) is 6.42 Å². The van der Waals surface area contributed by atoms with Crippen molar-refractivity contribution in [3.8, 4) is 0 Å². The molecule has 1 aromatic rings. The Hall–Kier alpha value is -1.79. The van der Waals surface area contributed by atoms with Crippen molar-refractivity contribution >= 4 is 40.9 Å². The number of carbonyl (C=O) groups excluding carboxylic acids is 3. The Bertz CT molecular complexity index is 757. The standard InChI is InChI=1S/C22H31Cl2N3O3/c1-3-4-5-6-12-25-20(28)16-9-8-13-27(14-16)22(30)15(2)26-21(29)17-10-7-11-18(23)19(17)24/h7,10-11,15-16H,3-6,8-9,12-14H2,1-2H3,(H,25,28)(H,26,29). The molecule has 0 aromatic heterocycles. The van der Waals surface area contributed by atoms with Gasteiger partial charge in [-0.25, -0.2) is 0 Å². The second-order valence-electron chi connectivity index (χ2n) is 7.77. The van der Waals surface area contributed by atoms with Gasteiger partial charge < -0.3 is 15.5 Å². The number of unbranched alkanes of at least 4 members (excludes halogenated alkanes) is 3. The fourth-order valence-corrected chi connectivity index (χ4v) is 3.97. The summed E-state index contributed by atoms with van der Waals surface area (Å²) in [6, 6.07) is 4.05. The minimum absolute atomic E-state index is 0.00592. The summed E-state index contributed by atoms with van der Waals surface area (Å²) in [5.74, 6) is -0.866. The number of likely N-dealkylation sites (tertiary alicyclic amines) is 1. The van der Waals surface area contributed by atoms with E-state index in [0.717, 1.165) is 32.1 Å². The molecule has 2 N–H and O–H groups in total. The first-order valence-corrected chi connectivity index (χ1v) is 11.4. The number of amides is 3. The lowest BCUT2D eigenvalue weighted by molar-refractivity contribution is -0.137. The van der Waals surface area contributed by atoms with Gasteiger partial charge in [0.1, 0.15) is 6.04 Å². The number of benzene rings is 1. The molecule has 2 atom stereocenters. The van der Waals surface area contributed by atoms with E-state index in [1.807, 2.05) is 0 Å². The van der Waals surface area contributed by atoms with Crippen molar-refractivity contribution in [1.82, 2.24) is 15.5 Å². The van der Waals surface area contributed by atoms with Gasteiger partial charge in [-0.3, -0.25) is 14.4 Å². The predicted octanol–water partition coefficient (Wildman–Crippen LogP) is 4.05. The second-order valence-corrected chi connectivity index (χ2v) is 8.56. The summed E-state index contributed by atoms with van der Waals surface area (Å²) in [5.41, 5.74) is 0.225. The van der Waals surface area contributed by atoms with Crippen LogP contribution in [0.3, 0.4) is 0 Å². The molecule has 1 saturated heterocycles. The largest absolute Gasteiger partial charge is 0.356 e. The number of nitrogens with one attached hydrogen (secondary N) is 2. The molecule has 0 spiro atoms. The highest BCUT2D eigenvalue weighted by Gasteiger charge is 2.31. The number of carbonyl (C=O) groups is 3. The first-order chi connectivity index (χ1) is 14.3. The van der Waals surface area contributed by atoms with E-state index < -0.39 is 11.9 Å². The number of hydrogen-bond donors (Lipinski definition) is 2. The zero-order valence-electron chi connectivity index (χ0n) is 17.7. The van der Waals surface area contributed by atoms with Crippen LogP contribution in [0.5, 0.6) is 0 Å². The van der Waals surface area contributed by atoms with Gasteiger partial charge in [0, 0.05) is 19.6 Å². The summed E-state index contributed by atoms with van der Waals surface area (Å²) in [6.45, 7) is 5.42. The van der Waals surface area contributed by atoms with Gasteiger partial charge in [-0.05, 0) is 38.3 Å². The van der Waals surface area contributed by atoms with Crippen LogP contribution in [0.1, 0.15) is 62.7 Å². The lowest BCUT2D eigenvalue weighted by Gasteiger charge is -2.33. The Morgan fingerprint density at radius 1 is 1.20 bits per heavy atom. The third-order valence-electron chi connectivity index (χ3n) is 5.35. The van der Waals surface area contributed by atoms with Gasteiger partial charge in [-0.2, -0.15) is 0 Å². The van der Waals surface area contributed by atoms with Crippen LogP contribution >= 0.6 is 23.2 Å². The van der Waals surface area contributed by atoms with E-state index in [0.29, 0.717) is 19.6 Å². The Balaban J connectivity index is 1.87. The van der Waals surface area contributed by atoms with Gasteiger partial charge in [0.25, 0.3) is 5.91 Å². The average Bonchev–Trinajstić information content (AvgIpc) is 2.74. The SMILES string of the molecule is CCCCCCNC(=O)C1CCCN(C(=O)C(C)NC(=O)c2cccc(Cl)c2Cl)C1. The van der Waals surface area contributed by atoms with Gasteiger partial charge in [0.2, 0.25) is 11.8 Å². The Morgan fingerprint density at radius 2 is 1.97 bits per heavy atom. The maximum Gasteiger partial charge on any atom is 0.253 e. The quantitative estimate of drug-likeness (QED) is 0.551. The lowest BCUT2D eigenvalue weighted by atomic mass is 9.96. The van der Waals surface area contributed by atoms with Crippen LogP contribution in [0.25, 0.3) is 0 Å². The fraction of sp³-hybridized carbons (Fsp3) is 0.591. The van der Waals surface area contributed by atoms with E-state index in [4.69, 9.17) is 23.2 Å². The topological polar surface area (TPSA) is 78.5 Å². The number of piperidine rings is 1. The van der Waals surface area contributed by atoms with Crippen LogP contribution < -0.4 is 10.6 Å². The molecule has 166 valence electrons. The molecule has 0 bridgehead atoms. The summed E-state index contributed by atoms with van der Waals surface area (Å²) >= 11 is 12.1. The maximum absolute atomic E-state index is 12.8. The highest BCUT2D eigenvalue weighted by atomic mass is 35.5. The lowest BCUT2D eigenvalue weighted by Crippen LogP contribution is -2.52. The predicted molar refractivity (Wildman–Crippen MR) is 120 cm³/mol. The first-order valence-electron chi connectivity index (χ1n) is 10.7. The number of rotatable bonds is 9.